The second-order valence-corrected chi connectivity index (χ2v) is 6.97. The molecule has 0 aliphatic rings. The zero-order valence-corrected chi connectivity index (χ0v) is 17.9. The number of anilines is 3. The van der Waals surface area contributed by atoms with Crippen LogP contribution in [0.1, 0.15) is 0 Å². The number of halogens is 3. The topological polar surface area (TPSA) is 105 Å². The average Bonchev–Trinajstić information content (AvgIpc) is 2.78. The fourth-order valence-electron chi connectivity index (χ4n) is 2.65. The molecule has 0 aliphatic carbocycles. The number of fused-ring (bicyclic) bond motifs is 1. The van der Waals surface area contributed by atoms with Crippen LogP contribution in [-0.4, -0.2) is 40.8 Å². The maximum atomic E-state index is 13.5. The lowest BCUT2D eigenvalue weighted by atomic mass is 10.1. The molecule has 8 nitrogen and oxygen atoms in total. The van der Waals surface area contributed by atoms with Crippen LogP contribution >= 0.6 is 23.2 Å². The Labute approximate surface area is 192 Å². The molecule has 1 aromatic heterocycles. The summed E-state index contributed by atoms with van der Waals surface area (Å²) in [4.78, 5) is 32.0. The smallest absolute Gasteiger partial charge is 0.243 e. The van der Waals surface area contributed by atoms with Gasteiger partial charge < -0.3 is 20.7 Å². The molecule has 0 atom stereocenters. The summed E-state index contributed by atoms with van der Waals surface area (Å²) < 4.78 is 19.0. The highest BCUT2D eigenvalue weighted by molar-refractivity contribution is 6.31. The van der Waals surface area contributed by atoms with Gasteiger partial charge in [-0.15, -0.1) is 18.0 Å². The van der Waals surface area contributed by atoms with Gasteiger partial charge in [0.15, 0.2) is 0 Å². The minimum Gasteiger partial charge on any atom is -0.479 e. The van der Waals surface area contributed by atoms with Crippen LogP contribution in [0.2, 0.25) is 5.02 Å². The molecule has 0 saturated heterocycles. The third-order valence-corrected chi connectivity index (χ3v) is 4.60. The van der Waals surface area contributed by atoms with Crippen LogP contribution in [-0.2, 0) is 9.59 Å². The molecule has 0 aliphatic heterocycles. The molecule has 1 heterocycles. The van der Waals surface area contributed by atoms with Crippen LogP contribution in [0.25, 0.3) is 10.9 Å². The summed E-state index contributed by atoms with van der Waals surface area (Å²) in [5, 5.41) is 8.55. The highest BCUT2D eigenvalue weighted by Gasteiger charge is 2.14. The first-order valence-electron chi connectivity index (χ1n) is 9.11. The monoisotopic (exact) mass is 475 g/mol. The number of nitrogens with zero attached hydrogens (tertiary/aromatic N) is 2. The molecule has 32 heavy (non-hydrogen) atoms. The van der Waals surface area contributed by atoms with E-state index in [0.29, 0.717) is 22.4 Å². The zero-order chi connectivity index (χ0) is 23.1. The van der Waals surface area contributed by atoms with Gasteiger partial charge in [-0.1, -0.05) is 17.5 Å². The number of carbonyl (C=O) groups excluding carboxylic acids is 2. The van der Waals surface area contributed by atoms with Crippen molar-refractivity contribution in [1.29, 1.82) is 0 Å². The molecule has 0 bridgehead atoms. The Morgan fingerprint density at radius 2 is 2.00 bits per heavy atom. The highest BCUT2D eigenvalue weighted by Crippen LogP contribution is 2.33. The molecule has 0 unspecified atom stereocenters. The van der Waals surface area contributed by atoms with Gasteiger partial charge in [-0.05, 0) is 24.3 Å². The number of amides is 2. The number of aromatic nitrogens is 2. The Balaban J connectivity index is 1.95. The molecule has 164 valence electrons. The van der Waals surface area contributed by atoms with Crippen molar-refractivity contribution in [2.24, 2.45) is 0 Å². The van der Waals surface area contributed by atoms with Crippen molar-refractivity contribution in [2.75, 3.05) is 29.7 Å². The number of carbonyl (C=O) groups is 2. The van der Waals surface area contributed by atoms with Gasteiger partial charge in [-0.2, -0.15) is 0 Å². The third-order valence-electron chi connectivity index (χ3n) is 4.07. The molecule has 0 radical (unpaired) electrons. The molecule has 3 rings (SSSR count). The Kier molecular flexibility index (Phi) is 7.65. The van der Waals surface area contributed by atoms with Crippen LogP contribution in [0.3, 0.4) is 0 Å². The first-order valence-corrected chi connectivity index (χ1v) is 10.0. The number of hydrogen-bond acceptors (Lipinski definition) is 6. The van der Waals surface area contributed by atoms with Gasteiger partial charge in [0.2, 0.25) is 11.8 Å². The Morgan fingerprint density at radius 3 is 2.72 bits per heavy atom. The molecule has 11 heteroatoms. The predicted molar refractivity (Wildman–Crippen MR) is 121 cm³/mol. The van der Waals surface area contributed by atoms with Gasteiger partial charge in [-0.25, -0.2) is 14.4 Å². The fourth-order valence-corrected chi connectivity index (χ4v) is 2.93. The number of hydrogen-bond donors (Lipinski definition) is 3. The molecule has 0 fully saturated rings. The van der Waals surface area contributed by atoms with Crippen molar-refractivity contribution in [3.63, 3.8) is 0 Å². The molecule has 2 amide bonds. The second-order valence-electron chi connectivity index (χ2n) is 6.29. The summed E-state index contributed by atoms with van der Waals surface area (Å²) in [5.74, 6) is 1.21. The van der Waals surface area contributed by atoms with Gasteiger partial charge in [0.25, 0.3) is 0 Å². The van der Waals surface area contributed by atoms with Gasteiger partial charge in [-0.3, -0.25) is 9.59 Å². The maximum Gasteiger partial charge on any atom is 0.243 e. The number of terminal acetylenes is 1. The summed E-state index contributed by atoms with van der Waals surface area (Å²) in [7, 11) is 0. The number of benzene rings is 2. The number of nitrogens with one attached hydrogen (secondary N) is 3. The van der Waals surface area contributed by atoms with Crippen LogP contribution in [0.5, 0.6) is 5.75 Å². The summed E-state index contributed by atoms with van der Waals surface area (Å²) in [6.07, 6.45) is 6.61. The summed E-state index contributed by atoms with van der Waals surface area (Å²) >= 11 is 11.3. The quantitative estimate of drug-likeness (QED) is 0.340. The molecule has 0 saturated carbocycles. The SMILES string of the molecule is C#CCOc1cc2ncnc(Nc3ccc(F)c(Cl)c3)c2cc1NC(=O)CNC(=O)CCl. The summed E-state index contributed by atoms with van der Waals surface area (Å²) in [6.45, 7) is -0.329. The van der Waals surface area contributed by atoms with Crippen LogP contribution in [0.15, 0.2) is 36.7 Å². The predicted octanol–water partition coefficient (Wildman–Crippen LogP) is 3.47. The van der Waals surface area contributed by atoms with E-state index in [2.05, 4.69) is 31.8 Å². The molecule has 0 spiro atoms. The van der Waals surface area contributed by atoms with Crippen molar-refractivity contribution < 1.29 is 18.7 Å². The first kappa shape index (κ1) is 23.1. The average molecular weight is 476 g/mol. The number of ether oxygens (including phenoxy) is 1. The van der Waals surface area contributed by atoms with Crippen LogP contribution in [0.4, 0.5) is 21.6 Å². The van der Waals surface area contributed by atoms with Crippen molar-refractivity contribution in [3.8, 4) is 18.1 Å². The van der Waals surface area contributed by atoms with E-state index in [9.17, 15) is 14.0 Å². The molecule has 2 aromatic carbocycles. The van der Waals surface area contributed by atoms with E-state index in [-0.39, 0.29) is 35.5 Å². The van der Waals surface area contributed by atoms with E-state index in [4.69, 9.17) is 34.4 Å². The largest absolute Gasteiger partial charge is 0.479 e. The molecular formula is C21H16Cl2FN5O3. The Bertz CT molecular complexity index is 1220. The Hall–Kier alpha value is -3.61. The van der Waals surface area contributed by atoms with E-state index in [1.54, 1.807) is 12.1 Å². The van der Waals surface area contributed by atoms with Gasteiger partial charge >= 0.3 is 0 Å². The fraction of sp³-hybridized carbons (Fsp3) is 0.143. The summed E-state index contributed by atoms with van der Waals surface area (Å²) in [5.41, 5.74) is 1.28. The highest BCUT2D eigenvalue weighted by atomic mass is 35.5. The second kappa shape index (κ2) is 10.6. The number of rotatable bonds is 8. The normalized spacial score (nSPS) is 10.3. The first-order chi connectivity index (χ1) is 15.4. The van der Waals surface area contributed by atoms with Gasteiger partial charge in [0.1, 0.15) is 36.2 Å². The van der Waals surface area contributed by atoms with E-state index in [1.807, 2.05) is 0 Å². The van der Waals surface area contributed by atoms with Crippen LogP contribution < -0.4 is 20.7 Å². The lowest BCUT2D eigenvalue weighted by Gasteiger charge is -2.15. The molecule has 3 N–H and O–H groups in total. The zero-order valence-electron chi connectivity index (χ0n) is 16.4. The van der Waals surface area contributed by atoms with E-state index in [0.717, 1.165) is 0 Å². The van der Waals surface area contributed by atoms with Crippen molar-refractivity contribution in [2.45, 2.75) is 0 Å². The molecule has 3 aromatic rings. The Morgan fingerprint density at radius 1 is 1.19 bits per heavy atom. The molecular weight excluding hydrogens is 460 g/mol. The third kappa shape index (κ3) is 5.75. The maximum absolute atomic E-state index is 13.5. The minimum atomic E-state index is -0.550. The van der Waals surface area contributed by atoms with Crippen LogP contribution in [0, 0.1) is 18.2 Å². The minimum absolute atomic E-state index is 0.0400. The van der Waals surface area contributed by atoms with E-state index >= 15 is 0 Å². The van der Waals surface area contributed by atoms with E-state index < -0.39 is 17.6 Å². The number of alkyl halides is 1. The van der Waals surface area contributed by atoms with Crippen molar-refractivity contribution in [1.82, 2.24) is 15.3 Å². The summed E-state index contributed by atoms with van der Waals surface area (Å²) in [6, 6.07) is 7.32. The van der Waals surface area contributed by atoms with Gasteiger partial charge in [0, 0.05) is 17.1 Å². The van der Waals surface area contributed by atoms with Gasteiger partial charge in [0.05, 0.1) is 22.8 Å². The van der Waals surface area contributed by atoms with Crippen molar-refractivity contribution in [3.05, 3.63) is 47.5 Å². The standard InChI is InChI=1S/C21H16Cl2FN5O3/c1-2-5-32-18-8-16-13(7-17(18)29-20(31)10-25-19(30)9-22)21(27-11-26-16)28-12-3-4-15(24)14(23)6-12/h1,3-4,6-8,11H,5,9-10H2,(H,25,30)(H,29,31)(H,26,27,28). The lowest BCUT2D eigenvalue weighted by Crippen LogP contribution is -2.33. The van der Waals surface area contributed by atoms with E-state index in [1.165, 1.54) is 24.5 Å². The lowest BCUT2D eigenvalue weighted by molar-refractivity contribution is -0.122. The van der Waals surface area contributed by atoms with Crippen molar-refractivity contribution >= 4 is 63.1 Å².